The molecule has 0 saturated carbocycles. The predicted molar refractivity (Wildman–Crippen MR) is 57.7 cm³/mol. The van der Waals surface area contributed by atoms with Crippen molar-refractivity contribution in [2.45, 2.75) is 0 Å². The smallest absolute Gasteiger partial charge is 0.141 e. The molecular formula is C10H8BrFN2. The molecule has 0 spiro atoms. The summed E-state index contributed by atoms with van der Waals surface area (Å²) in [5.74, 6) is -0.504. The van der Waals surface area contributed by atoms with E-state index in [1.165, 1.54) is 12.1 Å². The van der Waals surface area contributed by atoms with E-state index in [-0.39, 0.29) is 5.56 Å². The first-order chi connectivity index (χ1) is 6.63. The molecule has 0 fully saturated rings. The van der Waals surface area contributed by atoms with Crippen LogP contribution in [0.5, 0.6) is 0 Å². The summed E-state index contributed by atoms with van der Waals surface area (Å²) in [6, 6.07) is 6.07. The molecule has 0 saturated heterocycles. The van der Waals surface area contributed by atoms with Crippen LogP contribution in [-0.2, 0) is 0 Å². The summed E-state index contributed by atoms with van der Waals surface area (Å²) < 4.78 is 13.7. The first-order valence-electron chi connectivity index (χ1n) is 3.90. The zero-order valence-electron chi connectivity index (χ0n) is 7.35. The van der Waals surface area contributed by atoms with E-state index in [0.717, 1.165) is 4.48 Å². The molecule has 1 rings (SSSR count). The van der Waals surface area contributed by atoms with Gasteiger partial charge >= 0.3 is 0 Å². The highest BCUT2D eigenvalue weighted by Gasteiger charge is 2.01. The Bertz CT molecular complexity index is 396. The molecule has 2 nitrogen and oxygen atoms in total. The van der Waals surface area contributed by atoms with Gasteiger partial charge in [-0.05, 0) is 18.2 Å². The molecule has 0 unspecified atom stereocenters. The molecule has 4 heteroatoms. The fourth-order valence-electron chi connectivity index (χ4n) is 0.919. The number of nitrogens with zero attached hydrogens (tertiary/aromatic N) is 1. The van der Waals surface area contributed by atoms with Gasteiger partial charge < -0.3 is 5.32 Å². The van der Waals surface area contributed by atoms with Gasteiger partial charge in [-0.2, -0.15) is 5.26 Å². The number of anilines is 1. The molecule has 1 N–H and O–H groups in total. The van der Waals surface area contributed by atoms with E-state index >= 15 is 0 Å². The molecular weight excluding hydrogens is 247 g/mol. The lowest BCUT2D eigenvalue weighted by Gasteiger charge is -2.05. The average molecular weight is 255 g/mol. The first-order valence-corrected chi connectivity index (χ1v) is 4.69. The van der Waals surface area contributed by atoms with Crippen LogP contribution in [0.4, 0.5) is 10.1 Å². The van der Waals surface area contributed by atoms with Crippen LogP contribution >= 0.6 is 15.9 Å². The highest BCUT2D eigenvalue weighted by Crippen LogP contribution is 2.14. The monoisotopic (exact) mass is 254 g/mol. The molecule has 0 bridgehead atoms. The summed E-state index contributed by atoms with van der Waals surface area (Å²) >= 11 is 3.19. The number of rotatable bonds is 3. The van der Waals surface area contributed by atoms with Crippen LogP contribution in [0, 0.1) is 17.1 Å². The van der Waals surface area contributed by atoms with Crippen LogP contribution in [-0.4, -0.2) is 6.54 Å². The van der Waals surface area contributed by atoms with Crippen molar-refractivity contribution in [2.75, 3.05) is 11.9 Å². The number of nitrogens with one attached hydrogen (secondary N) is 1. The summed E-state index contributed by atoms with van der Waals surface area (Å²) in [6.07, 6.45) is 0. The van der Waals surface area contributed by atoms with Crippen molar-refractivity contribution >= 4 is 21.6 Å². The van der Waals surface area contributed by atoms with Gasteiger partial charge in [-0.25, -0.2) is 4.39 Å². The van der Waals surface area contributed by atoms with Crippen LogP contribution in [0.2, 0.25) is 0 Å². The van der Waals surface area contributed by atoms with Gasteiger partial charge in [0.25, 0.3) is 0 Å². The van der Waals surface area contributed by atoms with Crippen molar-refractivity contribution in [3.63, 3.8) is 0 Å². The average Bonchev–Trinajstić information content (AvgIpc) is 2.16. The highest BCUT2D eigenvalue weighted by atomic mass is 79.9. The lowest BCUT2D eigenvalue weighted by molar-refractivity contribution is 0.624. The highest BCUT2D eigenvalue weighted by molar-refractivity contribution is 9.11. The lowest BCUT2D eigenvalue weighted by atomic mass is 10.2. The number of benzene rings is 1. The maximum Gasteiger partial charge on any atom is 0.141 e. The van der Waals surface area contributed by atoms with Crippen molar-refractivity contribution in [3.8, 4) is 6.07 Å². The van der Waals surface area contributed by atoms with Crippen LogP contribution in [0.1, 0.15) is 5.56 Å². The Morgan fingerprint density at radius 2 is 2.36 bits per heavy atom. The van der Waals surface area contributed by atoms with E-state index in [0.29, 0.717) is 12.2 Å². The third kappa shape index (κ3) is 2.86. The Kier molecular flexibility index (Phi) is 3.66. The minimum absolute atomic E-state index is 0.0372. The lowest BCUT2D eigenvalue weighted by Crippen LogP contribution is -2.01. The van der Waals surface area contributed by atoms with Crippen molar-refractivity contribution in [1.82, 2.24) is 0 Å². The van der Waals surface area contributed by atoms with Crippen molar-refractivity contribution in [1.29, 1.82) is 5.26 Å². The summed E-state index contributed by atoms with van der Waals surface area (Å²) in [5.41, 5.74) is 0.735. The van der Waals surface area contributed by atoms with E-state index in [1.54, 1.807) is 12.1 Å². The van der Waals surface area contributed by atoms with E-state index in [9.17, 15) is 4.39 Å². The molecule has 0 aliphatic heterocycles. The molecule has 1 aromatic carbocycles. The Labute approximate surface area is 90.2 Å². The number of hydrogen-bond acceptors (Lipinski definition) is 2. The Morgan fingerprint density at radius 3 is 2.93 bits per heavy atom. The Hall–Kier alpha value is -1.34. The predicted octanol–water partition coefficient (Wildman–Crippen LogP) is 3.02. The topological polar surface area (TPSA) is 35.8 Å². The van der Waals surface area contributed by atoms with E-state index in [4.69, 9.17) is 5.26 Å². The van der Waals surface area contributed by atoms with E-state index in [1.807, 2.05) is 0 Å². The molecule has 1 aromatic rings. The van der Waals surface area contributed by atoms with Gasteiger partial charge in [0.05, 0.1) is 5.56 Å². The van der Waals surface area contributed by atoms with Crippen LogP contribution in [0.3, 0.4) is 0 Å². The van der Waals surface area contributed by atoms with Crippen LogP contribution in [0.25, 0.3) is 0 Å². The fourth-order valence-corrected chi connectivity index (χ4v) is 1.06. The number of halogens is 2. The minimum Gasteiger partial charge on any atom is -0.380 e. The molecule has 0 aromatic heterocycles. The summed E-state index contributed by atoms with van der Waals surface area (Å²) in [7, 11) is 0. The molecule has 0 heterocycles. The second-order valence-corrected chi connectivity index (χ2v) is 3.80. The van der Waals surface area contributed by atoms with E-state index in [2.05, 4.69) is 27.8 Å². The van der Waals surface area contributed by atoms with Gasteiger partial charge in [0.1, 0.15) is 11.9 Å². The second kappa shape index (κ2) is 4.77. The van der Waals surface area contributed by atoms with Gasteiger partial charge in [0.15, 0.2) is 0 Å². The zero-order chi connectivity index (χ0) is 10.6. The van der Waals surface area contributed by atoms with Gasteiger partial charge in [0, 0.05) is 16.7 Å². The second-order valence-electron chi connectivity index (χ2n) is 2.68. The Balaban J connectivity index is 2.80. The summed E-state index contributed by atoms with van der Waals surface area (Å²) in [4.78, 5) is 0. The molecule has 14 heavy (non-hydrogen) atoms. The van der Waals surface area contributed by atoms with Gasteiger partial charge in [0.2, 0.25) is 0 Å². The molecule has 72 valence electrons. The SMILES string of the molecule is C=C(Br)CNc1ccc(F)c(C#N)c1. The van der Waals surface area contributed by atoms with Crippen molar-refractivity contribution < 1.29 is 4.39 Å². The minimum atomic E-state index is -0.504. The third-order valence-electron chi connectivity index (χ3n) is 1.57. The molecule has 0 amide bonds. The maximum atomic E-state index is 12.9. The third-order valence-corrected chi connectivity index (χ3v) is 1.85. The summed E-state index contributed by atoms with van der Waals surface area (Å²) in [6.45, 7) is 4.18. The number of nitriles is 1. The maximum absolute atomic E-state index is 12.9. The molecule has 0 atom stereocenters. The van der Waals surface area contributed by atoms with E-state index < -0.39 is 5.82 Å². The number of hydrogen-bond donors (Lipinski definition) is 1. The van der Waals surface area contributed by atoms with Crippen molar-refractivity contribution in [2.24, 2.45) is 0 Å². The first kappa shape index (κ1) is 10.7. The largest absolute Gasteiger partial charge is 0.380 e. The standard InChI is InChI=1S/C10H8BrFN2/c1-7(11)6-14-9-2-3-10(12)8(4-9)5-13/h2-4,14H,1,6H2. The Morgan fingerprint density at radius 1 is 1.64 bits per heavy atom. The normalized spacial score (nSPS) is 9.21. The van der Waals surface area contributed by atoms with Gasteiger partial charge in [-0.1, -0.05) is 22.5 Å². The fraction of sp³-hybridized carbons (Fsp3) is 0.100. The van der Waals surface area contributed by atoms with Crippen LogP contribution in [0.15, 0.2) is 29.3 Å². The quantitative estimate of drug-likeness (QED) is 0.901. The van der Waals surface area contributed by atoms with Crippen molar-refractivity contribution in [3.05, 3.63) is 40.6 Å². The zero-order valence-corrected chi connectivity index (χ0v) is 8.94. The molecule has 0 aliphatic rings. The van der Waals surface area contributed by atoms with Crippen LogP contribution < -0.4 is 5.32 Å². The van der Waals surface area contributed by atoms with Gasteiger partial charge in [-0.15, -0.1) is 0 Å². The summed E-state index contributed by atoms with van der Waals surface area (Å²) in [5, 5.41) is 11.6. The molecule has 0 radical (unpaired) electrons. The molecule has 0 aliphatic carbocycles. The van der Waals surface area contributed by atoms with Gasteiger partial charge in [-0.3, -0.25) is 0 Å².